The summed E-state index contributed by atoms with van der Waals surface area (Å²) >= 11 is 0. The van der Waals surface area contributed by atoms with Crippen molar-refractivity contribution in [1.82, 2.24) is 10.2 Å². The molecule has 0 aliphatic carbocycles. The molecule has 1 amide bonds. The zero-order valence-electron chi connectivity index (χ0n) is 14.4. The molecule has 2 aromatic rings. The van der Waals surface area contributed by atoms with Crippen LogP contribution in [0.5, 0.6) is 0 Å². The van der Waals surface area contributed by atoms with Gasteiger partial charge < -0.3 is 22.6 Å². The Morgan fingerprint density at radius 2 is 1.77 bits per heavy atom. The van der Waals surface area contributed by atoms with E-state index < -0.39 is 15.8 Å². The normalized spacial score (nSPS) is 10.9. The molecule has 0 fully saturated rings. The fourth-order valence-electron chi connectivity index (χ4n) is 2.03. The molecule has 6 nitrogen and oxygen atoms in total. The third-order valence-corrected chi connectivity index (χ3v) is 4.73. The topological polar surface area (TPSA) is 78.5 Å². The minimum atomic E-state index is -3.88. The van der Waals surface area contributed by atoms with Crippen molar-refractivity contribution in [2.24, 2.45) is 0 Å². The lowest BCUT2D eigenvalue weighted by Gasteiger charge is -2.11. The maximum atomic E-state index is 12.9. The number of rotatable bonds is 7. The van der Waals surface area contributed by atoms with E-state index >= 15 is 0 Å². The van der Waals surface area contributed by atoms with Gasteiger partial charge in [0.1, 0.15) is 5.82 Å². The number of hydrogen-bond acceptors (Lipinski definition) is 4. The van der Waals surface area contributed by atoms with Gasteiger partial charge >= 0.3 is 0 Å². The Morgan fingerprint density at radius 1 is 1.12 bits per heavy atom. The van der Waals surface area contributed by atoms with Crippen LogP contribution in [0.3, 0.4) is 0 Å². The van der Waals surface area contributed by atoms with Crippen molar-refractivity contribution in [3.63, 3.8) is 0 Å². The van der Waals surface area contributed by atoms with E-state index in [1.807, 2.05) is 19.0 Å². The summed E-state index contributed by atoms with van der Waals surface area (Å²) < 4.78 is 40.1. The summed E-state index contributed by atoms with van der Waals surface area (Å²) in [4.78, 5) is 14.0. The lowest BCUT2D eigenvalue weighted by Crippen LogP contribution is -3.00. The second-order valence-electron chi connectivity index (χ2n) is 5.70. The van der Waals surface area contributed by atoms with E-state index in [9.17, 15) is 17.6 Å². The maximum Gasteiger partial charge on any atom is 0.261 e. The first kappa shape index (κ1) is 21.9. The number of halogens is 2. The molecule has 9 heteroatoms. The Bertz CT molecular complexity index is 843. The van der Waals surface area contributed by atoms with Crippen LogP contribution in [0.2, 0.25) is 0 Å². The number of nitrogens with one attached hydrogen (secondary N) is 2. The van der Waals surface area contributed by atoms with Crippen molar-refractivity contribution in [3.8, 4) is 0 Å². The Balaban J connectivity index is 0.00000338. The number of sulfonamides is 1. The van der Waals surface area contributed by atoms with Gasteiger partial charge in [-0.15, -0.1) is 0 Å². The first-order valence-corrected chi connectivity index (χ1v) is 9.07. The van der Waals surface area contributed by atoms with Crippen LogP contribution in [-0.2, 0) is 10.0 Å². The molecule has 0 radical (unpaired) electrons. The molecule has 0 atom stereocenters. The number of amides is 1. The van der Waals surface area contributed by atoms with Gasteiger partial charge in [-0.05, 0) is 56.6 Å². The van der Waals surface area contributed by atoms with Gasteiger partial charge in [-0.25, -0.2) is 12.8 Å². The third kappa shape index (κ3) is 6.29. The molecular formula is C17H20ClFN3O3S-. The van der Waals surface area contributed by atoms with Crippen molar-refractivity contribution in [3.05, 3.63) is 59.9 Å². The lowest BCUT2D eigenvalue weighted by molar-refractivity contribution is -0.0000166. The first-order valence-electron chi connectivity index (χ1n) is 7.59. The predicted molar refractivity (Wildman–Crippen MR) is 94.5 cm³/mol. The number of nitrogens with zero attached hydrogens (tertiary/aromatic N) is 1. The molecule has 0 heterocycles. The number of carbonyl (C=O) groups is 1. The van der Waals surface area contributed by atoms with Crippen LogP contribution in [0, 0.1) is 5.82 Å². The Morgan fingerprint density at radius 3 is 2.38 bits per heavy atom. The summed E-state index contributed by atoms with van der Waals surface area (Å²) in [5.41, 5.74) is 0.489. The van der Waals surface area contributed by atoms with Gasteiger partial charge in [0.2, 0.25) is 0 Å². The van der Waals surface area contributed by atoms with Crippen LogP contribution >= 0.6 is 0 Å². The number of carbonyl (C=O) groups excluding carboxylic acids is 1. The van der Waals surface area contributed by atoms with Gasteiger partial charge in [-0.2, -0.15) is 0 Å². The minimum Gasteiger partial charge on any atom is -1.00 e. The second kappa shape index (κ2) is 9.51. The van der Waals surface area contributed by atoms with E-state index in [1.54, 1.807) is 6.07 Å². The quantitative estimate of drug-likeness (QED) is 0.620. The monoisotopic (exact) mass is 400 g/mol. The van der Waals surface area contributed by atoms with Crippen LogP contribution in [0.1, 0.15) is 10.4 Å². The van der Waals surface area contributed by atoms with Crippen LogP contribution in [-0.4, -0.2) is 46.4 Å². The summed E-state index contributed by atoms with van der Waals surface area (Å²) in [5.74, 6) is -0.806. The standard InChI is InChI=1S/C17H20FN3O3S.ClH/c1-21(2)11-10-19-17(22)13-4-3-5-16(12-13)25(23,24)20-15-8-6-14(18)7-9-15;/h3-9,12,20H,10-11H2,1-2H3,(H,19,22);1H/p-1. The smallest absolute Gasteiger partial charge is 0.261 e. The molecule has 2 N–H and O–H groups in total. The van der Waals surface area contributed by atoms with Gasteiger partial charge in [0, 0.05) is 24.3 Å². The van der Waals surface area contributed by atoms with Crippen LogP contribution in [0.15, 0.2) is 53.4 Å². The zero-order chi connectivity index (χ0) is 18.4. The van der Waals surface area contributed by atoms with Crippen LogP contribution < -0.4 is 22.4 Å². The molecule has 2 rings (SSSR count). The van der Waals surface area contributed by atoms with Crippen molar-refractivity contribution < 1.29 is 30.0 Å². The number of hydrogen-bond donors (Lipinski definition) is 2. The Labute approximate surface area is 158 Å². The number of anilines is 1. The van der Waals surface area contributed by atoms with Crippen LogP contribution in [0.4, 0.5) is 10.1 Å². The molecule has 0 unspecified atom stereocenters. The number of benzene rings is 2. The summed E-state index contributed by atoms with van der Waals surface area (Å²) in [6.45, 7) is 1.13. The maximum absolute atomic E-state index is 12.9. The molecule has 0 aromatic heterocycles. The van der Waals surface area contributed by atoms with E-state index in [-0.39, 0.29) is 34.5 Å². The Hall–Kier alpha value is -2.16. The van der Waals surface area contributed by atoms with E-state index in [4.69, 9.17) is 0 Å². The second-order valence-corrected chi connectivity index (χ2v) is 7.38. The van der Waals surface area contributed by atoms with Gasteiger partial charge in [0.15, 0.2) is 0 Å². The average Bonchev–Trinajstić information content (AvgIpc) is 2.56. The highest BCUT2D eigenvalue weighted by atomic mass is 35.5. The molecule has 142 valence electrons. The summed E-state index contributed by atoms with van der Waals surface area (Å²) in [6.07, 6.45) is 0. The van der Waals surface area contributed by atoms with Gasteiger partial charge in [0.05, 0.1) is 4.90 Å². The largest absolute Gasteiger partial charge is 1.00 e. The molecule has 0 aliphatic heterocycles. The molecule has 0 aliphatic rings. The molecular weight excluding hydrogens is 381 g/mol. The van der Waals surface area contributed by atoms with Gasteiger partial charge in [-0.1, -0.05) is 6.07 Å². The summed E-state index contributed by atoms with van der Waals surface area (Å²) in [5, 5.41) is 2.73. The molecule has 0 spiro atoms. The first-order chi connectivity index (χ1) is 11.8. The SMILES string of the molecule is CN(C)CCNC(=O)c1cccc(S(=O)(=O)Nc2ccc(F)cc2)c1.[Cl-]. The van der Waals surface area contributed by atoms with E-state index in [1.165, 1.54) is 30.3 Å². The summed E-state index contributed by atoms with van der Waals surface area (Å²) in [7, 11) is -0.0981. The fraction of sp³-hybridized carbons (Fsp3) is 0.235. The molecule has 0 saturated carbocycles. The Kier molecular flexibility index (Phi) is 8.01. The van der Waals surface area contributed by atoms with Crippen molar-refractivity contribution in [2.45, 2.75) is 4.90 Å². The highest BCUT2D eigenvalue weighted by Crippen LogP contribution is 2.17. The van der Waals surface area contributed by atoms with Crippen molar-refractivity contribution in [2.75, 3.05) is 31.9 Å². The fourth-order valence-corrected chi connectivity index (χ4v) is 3.14. The molecule has 2 aromatic carbocycles. The zero-order valence-corrected chi connectivity index (χ0v) is 15.9. The van der Waals surface area contributed by atoms with Crippen LogP contribution in [0.25, 0.3) is 0 Å². The van der Waals surface area contributed by atoms with Crippen molar-refractivity contribution >= 4 is 21.6 Å². The average molecular weight is 401 g/mol. The number of likely N-dealkylation sites (N-methyl/N-ethyl adjacent to an activating group) is 1. The van der Waals surface area contributed by atoms with Gasteiger partial charge in [0.25, 0.3) is 15.9 Å². The summed E-state index contributed by atoms with van der Waals surface area (Å²) in [6, 6.07) is 10.7. The van der Waals surface area contributed by atoms with E-state index in [0.717, 1.165) is 12.1 Å². The van der Waals surface area contributed by atoms with E-state index in [2.05, 4.69) is 10.0 Å². The van der Waals surface area contributed by atoms with E-state index in [0.29, 0.717) is 13.1 Å². The van der Waals surface area contributed by atoms with Crippen molar-refractivity contribution in [1.29, 1.82) is 0 Å². The lowest BCUT2D eigenvalue weighted by atomic mass is 10.2. The predicted octanol–water partition coefficient (Wildman–Crippen LogP) is -1.08. The highest BCUT2D eigenvalue weighted by Gasteiger charge is 2.16. The van der Waals surface area contributed by atoms with Gasteiger partial charge in [-0.3, -0.25) is 9.52 Å². The molecule has 0 saturated heterocycles. The molecule has 26 heavy (non-hydrogen) atoms. The molecule has 0 bridgehead atoms. The third-order valence-electron chi connectivity index (χ3n) is 3.35. The highest BCUT2D eigenvalue weighted by molar-refractivity contribution is 7.92. The minimum absolute atomic E-state index is 0.